The van der Waals surface area contributed by atoms with E-state index in [0.29, 0.717) is 6.61 Å². The molecule has 1 unspecified atom stereocenters. The third-order valence-corrected chi connectivity index (χ3v) is 4.16. The maximum Gasteiger partial charge on any atom is 0.142 e. The first-order valence-corrected chi connectivity index (χ1v) is 7.10. The lowest BCUT2D eigenvalue weighted by Gasteiger charge is -2.09. The molecule has 1 aliphatic carbocycles. The lowest BCUT2D eigenvalue weighted by molar-refractivity contribution is 0.118. The number of fused-ring (bicyclic) bond motifs is 1. The van der Waals surface area contributed by atoms with Gasteiger partial charge in [-0.1, -0.05) is 35.5 Å². The summed E-state index contributed by atoms with van der Waals surface area (Å²) in [6.07, 6.45) is 0.926. The highest BCUT2D eigenvalue weighted by molar-refractivity contribution is 7.10. The molecular weight excluding hydrogens is 258 g/mol. The van der Waals surface area contributed by atoms with Gasteiger partial charge in [-0.25, -0.2) is 0 Å². The van der Waals surface area contributed by atoms with Crippen LogP contribution in [-0.4, -0.2) is 18.9 Å². The van der Waals surface area contributed by atoms with Crippen LogP contribution in [-0.2, 0) is 22.6 Å². The van der Waals surface area contributed by atoms with Gasteiger partial charge in [0.15, 0.2) is 0 Å². The van der Waals surface area contributed by atoms with E-state index >= 15 is 0 Å². The smallest absolute Gasteiger partial charge is 0.142 e. The van der Waals surface area contributed by atoms with E-state index in [2.05, 4.69) is 16.6 Å². The lowest BCUT2D eigenvalue weighted by Crippen LogP contribution is -2.19. The van der Waals surface area contributed by atoms with Gasteiger partial charge in [-0.3, -0.25) is 0 Å². The largest absolute Gasteiger partial charge is 0.391 e. The van der Waals surface area contributed by atoms with Crippen molar-refractivity contribution in [3.8, 4) is 0 Å². The fourth-order valence-electron chi connectivity index (χ4n) is 2.22. The van der Waals surface area contributed by atoms with Gasteiger partial charge in [0.25, 0.3) is 0 Å². The van der Waals surface area contributed by atoms with Crippen LogP contribution in [0.5, 0.6) is 0 Å². The Kier molecular flexibility index (Phi) is 3.62. The average Bonchev–Trinajstić information content (AvgIpc) is 3.02. The van der Waals surface area contributed by atoms with Gasteiger partial charge in [0, 0.05) is 24.0 Å². The number of oxime groups is 1. The summed E-state index contributed by atoms with van der Waals surface area (Å²) in [7, 11) is 1.72. The van der Waals surface area contributed by atoms with Gasteiger partial charge in [0.1, 0.15) is 18.4 Å². The Morgan fingerprint density at radius 2 is 2.11 bits per heavy atom. The fraction of sp³-hybridized carbons (Fsp3) is 0.267. The molecule has 3 nitrogen and oxygen atoms in total. The zero-order valence-corrected chi connectivity index (χ0v) is 11.5. The first-order chi connectivity index (χ1) is 9.38. The molecule has 19 heavy (non-hydrogen) atoms. The molecule has 4 heteroatoms. The van der Waals surface area contributed by atoms with Crippen LogP contribution in [0, 0.1) is 0 Å². The van der Waals surface area contributed by atoms with Crippen molar-refractivity contribution in [2.75, 3.05) is 7.11 Å². The number of hydrogen-bond acceptors (Lipinski definition) is 4. The van der Waals surface area contributed by atoms with Gasteiger partial charge >= 0.3 is 0 Å². The Morgan fingerprint density at radius 1 is 1.26 bits per heavy atom. The molecule has 3 rings (SSSR count). The maximum atomic E-state index is 5.47. The topological polar surface area (TPSA) is 30.8 Å². The number of nitrogens with zero attached hydrogens (tertiary/aromatic N) is 1. The Labute approximate surface area is 116 Å². The van der Waals surface area contributed by atoms with Crippen molar-refractivity contribution in [2.24, 2.45) is 5.16 Å². The van der Waals surface area contributed by atoms with E-state index in [4.69, 9.17) is 9.57 Å². The zero-order valence-electron chi connectivity index (χ0n) is 10.7. The minimum absolute atomic E-state index is 0.0261. The third-order valence-electron chi connectivity index (χ3n) is 3.22. The highest BCUT2D eigenvalue weighted by atomic mass is 32.1. The number of hydrogen-bond donors (Lipinski definition) is 0. The van der Waals surface area contributed by atoms with Crippen molar-refractivity contribution < 1.29 is 9.57 Å². The zero-order chi connectivity index (χ0) is 13.1. The van der Waals surface area contributed by atoms with Gasteiger partial charge in [-0.2, -0.15) is 0 Å². The first-order valence-electron chi connectivity index (χ1n) is 6.22. The number of benzene rings is 1. The van der Waals surface area contributed by atoms with Crippen molar-refractivity contribution in [2.45, 2.75) is 19.1 Å². The van der Waals surface area contributed by atoms with E-state index in [0.717, 1.165) is 17.7 Å². The highest BCUT2D eigenvalue weighted by Gasteiger charge is 2.30. The first kappa shape index (κ1) is 12.4. The molecule has 0 spiro atoms. The molecule has 0 radical (unpaired) electrons. The lowest BCUT2D eigenvalue weighted by atomic mass is 10.2. The molecule has 1 aromatic carbocycles. The standard InChI is InChI=1S/C15H15NO2S/c1-17-13-9-14-12(7-8-19-14)15(13)16-18-10-11-5-3-2-4-6-11/h2-8,13H,9-10H2,1H3/b16-15-. The molecule has 1 aliphatic rings. The van der Waals surface area contributed by atoms with Gasteiger partial charge < -0.3 is 9.57 Å². The molecule has 0 fully saturated rings. The van der Waals surface area contributed by atoms with Crippen molar-refractivity contribution in [3.05, 3.63) is 57.8 Å². The minimum Gasteiger partial charge on any atom is -0.391 e. The van der Waals surface area contributed by atoms with Crippen LogP contribution >= 0.6 is 11.3 Å². The van der Waals surface area contributed by atoms with E-state index in [1.54, 1.807) is 18.4 Å². The van der Waals surface area contributed by atoms with Crippen LogP contribution in [0.15, 0.2) is 46.9 Å². The van der Waals surface area contributed by atoms with E-state index < -0.39 is 0 Å². The number of ether oxygens (including phenoxy) is 1. The normalized spacial score (nSPS) is 19.6. The van der Waals surface area contributed by atoms with Crippen LogP contribution in [0.25, 0.3) is 0 Å². The van der Waals surface area contributed by atoms with Gasteiger partial charge in [0.2, 0.25) is 0 Å². The van der Waals surface area contributed by atoms with Crippen molar-refractivity contribution in [1.29, 1.82) is 0 Å². The molecular formula is C15H15NO2S. The van der Waals surface area contributed by atoms with E-state index in [1.807, 2.05) is 30.3 Å². The number of rotatable bonds is 4. The molecule has 1 aromatic heterocycles. The highest BCUT2D eigenvalue weighted by Crippen LogP contribution is 2.29. The second-order valence-electron chi connectivity index (χ2n) is 4.42. The summed E-state index contributed by atoms with van der Waals surface area (Å²) in [4.78, 5) is 6.80. The molecule has 0 saturated heterocycles. The summed E-state index contributed by atoms with van der Waals surface area (Å²) < 4.78 is 5.46. The third kappa shape index (κ3) is 2.55. The quantitative estimate of drug-likeness (QED) is 0.801. The van der Waals surface area contributed by atoms with Gasteiger partial charge in [-0.15, -0.1) is 11.3 Å². The van der Waals surface area contributed by atoms with Crippen LogP contribution < -0.4 is 0 Å². The molecule has 0 bridgehead atoms. The Hall–Kier alpha value is -1.65. The molecule has 2 aromatic rings. The summed E-state index contributed by atoms with van der Waals surface area (Å²) in [6, 6.07) is 12.1. The summed E-state index contributed by atoms with van der Waals surface area (Å²) >= 11 is 1.75. The average molecular weight is 273 g/mol. The van der Waals surface area contributed by atoms with E-state index in [9.17, 15) is 0 Å². The molecule has 0 saturated carbocycles. The van der Waals surface area contributed by atoms with Crippen molar-refractivity contribution in [1.82, 2.24) is 0 Å². The van der Waals surface area contributed by atoms with Crippen LogP contribution in [0.1, 0.15) is 16.0 Å². The molecule has 0 N–H and O–H groups in total. The predicted molar refractivity (Wildman–Crippen MR) is 76.6 cm³/mol. The summed E-state index contributed by atoms with van der Waals surface area (Å²) in [6.45, 7) is 0.486. The molecule has 0 amide bonds. The van der Waals surface area contributed by atoms with Crippen LogP contribution in [0.3, 0.4) is 0 Å². The summed E-state index contributed by atoms with van der Waals surface area (Å²) in [5.74, 6) is 0. The SMILES string of the molecule is COC1Cc2sccc2/C1=N/OCc1ccccc1. The summed E-state index contributed by atoms with van der Waals surface area (Å²) in [5, 5.41) is 6.37. The second-order valence-corrected chi connectivity index (χ2v) is 5.42. The maximum absolute atomic E-state index is 5.47. The monoisotopic (exact) mass is 273 g/mol. The van der Waals surface area contributed by atoms with Gasteiger partial charge in [-0.05, 0) is 17.0 Å². The van der Waals surface area contributed by atoms with Crippen molar-refractivity contribution in [3.63, 3.8) is 0 Å². The molecule has 1 heterocycles. The number of methoxy groups -OCH3 is 1. The van der Waals surface area contributed by atoms with Crippen LogP contribution in [0.2, 0.25) is 0 Å². The molecule has 0 aliphatic heterocycles. The number of thiophene rings is 1. The van der Waals surface area contributed by atoms with Crippen molar-refractivity contribution >= 4 is 17.0 Å². The minimum atomic E-state index is 0.0261. The second kappa shape index (κ2) is 5.55. The Morgan fingerprint density at radius 3 is 2.89 bits per heavy atom. The van der Waals surface area contributed by atoms with Crippen LogP contribution in [0.4, 0.5) is 0 Å². The Balaban J connectivity index is 1.72. The molecule has 1 atom stereocenters. The fourth-order valence-corrected chi connectivity index (χ4v) is 3.13. The predicted octanol–water partition coefficient (Wildman–Crippen LogP) is 3.24. The summed E-state index contributed by atoms with van der Waals surface area (Å²) in [5.41, 5.74) is 3.20. The molecule has 98 valence electrons. The van der Waals surface area contributed by atoms with Gasteiger partial charge in [0.05, 0.1) is 0 Å². The Bertz CT molecular complexity index is 577. The van der Waals surface area contributed by atoms with E-state index in [-0.39, 0.29) is 6.10 Å². The van der Waals surface area contributed by atoms with E-state index in [1.165, 1.54) is 10.4 Å².